The highest BCUT2D eigenvalue weighted by molar-refractivity contribution is 6.07. The predicted octanol–water partition coefficient (Wildman–Crippen LogP) is -0.00550. The monoisotopic (exact) mass is 154 g/mol. The standard InChI is InChI=1S/C7H10N2O2/c1-7(4-2-3-4)5(10)8-6(11)9-7/h4H,2-3H2,1H3,(H2,8,9,10,11)/t7-/m0/s1. The van der Waals surface area contributed by atoms with Crippen LogP contribution in [0.3, 0.4) is 0 Å². The fourth-order valence-electron chi connectivity index (χ4n) is 1.50. The van der Waals surface area contributed by atoms with Crippen molar-refractivity contribution >= 4 is 11.9 Å². The average Bonchev–Trinajstić information content (AvgIpc) is 2.63. The molecule has 1 atom stereocenters. The summed E-state index contributed by atoms with van der Waals surface area (Å²) in [6.45, 7) is 1.78. The van der Waals surface area contributed by atoms with E-state index in [1.165, 1.54) is 0 Å². The van der Waals surface area contributed by atoms with E-state index in [0.29, 0.717) is 5.92 Å². The van der Waals surface area contributed by atoms with Gasteiger partial charge in [0.25, 0.3) is 5.91 Å². The maximum absolute atomic E-state index is 11.2. The highest BCUT2D eigenvalue weighted by Crippen LogP contribution is 2.40. The van der Waals surface area contributed by atoms with Crippen molar-refractivity contribution in [2.75, 3.05) is 0 Å². The number of carbonyl (C=O) groups excluding carboxylic acids is 2. The van der Waals surface area contributed by atoms with Gasteiger partial charge in [-0.1, -0.05) is 0 Å². The molecule has 0 bridgehead atoms. The first-order valence-corrected chi connectivity index (χ1v) is 3.76. The molecule has 60 valence electrons. The highest BCUT2D eigenvalue weighted by atomic mass is 16.2. The topological polar surface area (TPSA) is 58.2 Å². The van der Waals surface area contributed by atoms with Crippen LogP contribution in [0.15, 0.2) is 0 Å². The Kier molecular flexibility index (Phi) is 1.06. The van der Waals surface area contributed by atoms with Gasteiger partial charge in [0, 0.05) is 0 Å². The molecule has 0 unspecified atom stereocenters. The van der Waals surface area contributed by atoms with Crippen LogP contribution < -0.4 is 10.6 Å². The molecule has 1 saturated heterocycles. The predicted molar refractivity (Wildman–Crippen MR) is 37.8 cm³/mol. The molecular formula is C7H10N2O2. The zero-order valence-corrected chi connectivity index (χ0v) is 6.31. The van der Waals surface area contributed by atoms with Crippen molar-refractivity contribution in [1.82, 2.24) is 10.6 Å². The molecule has 4 nitrogen and oxygen atoms in total. The number of hydrogen-bond donors (Lipinski definition) is 2. The first-order chi connectivity index (χ1) is 5.13. The summed E-state index contributed by atoms with van der Waals surface area (Å²) in [6, 6.07) is -0.357. The van der Waals surface area contributed by atoms with Crippen LogP contribution in [0.5, 0.6) is 0 Å². The summed E-state index contributed by atoms with van der Waals surface area (Å²) in [4.78, 5) is 22.0. The van der Waals surface area contributed by atoms with E-state index in [0.717, 1.165) is 12.8 Å². The molecular weight excluding hydrogens is 144 g/mol. The minimum absolute atomic E-state index is 0.176. The molecule has 2 N–H and O–H groups in total. The van der Waals surface area contributed by atoms with Crippen molar-refractivity contribution < 1.29 is 9.59 Å². The van der Waals surface area contributed by atoms with E-state index in [1.54, 1.807) is 6.92 Å². The summed E-state index contributed by atoms with van der Waals surface area (Å²) >= 11 is 0. The first-order valence-electron chi connectivity index (χ1n) is 3.76. The fourth-order valence-corrected chi connectivity index (χ4v) is 1.50. The van der Waals surface area contributed by atoms with Crippen molar-refractivity contribution in [1.29, 1.82) is 0 Å². The summed E-state index contributed by atoms with van der Waals surface area (Å²) in [6.07, 6.45) is 2.09. The maximum atomic E-state index is 11.2. The zero-order chi connectivity index (χ0) is 8.06. The van der Waals surface area contributed by atoms with Crippen LogP contribution in [0.4, 0.5) is 4.79 Å². The van der Waals surface area contributed by atoms with Crippen LogP contribution in [-0.4, -0.2) is 17.5 Å². The molecule has 0 spiro atoms. The number of urea groups is 1. The Morgan fingerprint density at radius 3 is 2.45 bits per heavy atom. The van der Waals surface area contributed by atoms with Crippen LogP contribution in [0.1, 0.15) is 19.8 Å². The highest BCUT2D eigenvalue weighted by Gasteiger charge is 2.52. The molecule has 0 aromatic carbocycles. The van der Waals surface area contributed by atoms with Crippen LogP contribution in [-0.2, 0) is 4.79 Å². The molecule has 0 radical (unpaired) electrons. The van der Waals surface area contributed by atoms with Gasteiger partial charge in [-0.25, -0.2) is 4.79 Å². The van der Waals surface area contributed by atoms with Gasteiger partial charge in [-0.15, -0.1) is 0 Å². The smallest absolute Gasteiger partial charge is 0.322 e. The van der Waals surface area contributed by atoms with Crippen molar-refractivity contribution in [2.45, 2.75) is 25.3 Å². The lowest BCUT2D eigenvalue weighted by molar-refractivity contribution is -0.124. The third-order valence-electron chi connectivity index (χ3n) is 2.47. The molecule has 11 heavy (non-hydrogen) atoms. The van der Waals surface area contributed by atoms with E-state index in [2.05, 4.69) is 10.6 Å². The Morgan fingerprint density at radius 2 is 2.09 bits per heavy atom. The SMILES string of the molecule is C[C@@]1(C2CC2)NC(=O)NC1=O. The van der Waals surface area contributed by atoms with Gasteiger partial charge >= 0.3 is 6.03 Å². The van der Waals surface area contributed by atoms with E-state index in [4.69, 9.17) is 0 Å². The second-order valence-corrected chi connectivity index (χ2v) is 3.38. The number of hydrogen-bond acceptors (Lipinski definition) is 2. The zero-order valence-electron chi connectivity index (χ0n) is 6.31. The van der Waals surface area contributed by atoms with E-state index in [-0.39, 0.29) is 11.9 Å². The van der Waals surface area contributed by atoms with Gasteiger partial charge in [0.15, 0.2) is 0 Å². The summed E-state index contributed by atoms with van der Waals surface area (Å²) in [5.74, 6) is 0.180. The summed E-state index contributed by atoms with van der Waals surface area (Å²) in [7, 11) is 0. The normalized spacial score (nSPS) is 36.8. The third-order valence-corrected chi connectivity index (χ3v) is 2.47. The number of imide groups is 1. The average molecular weight is 154 g/mol. The van der Waals surface area contributed by atoms with E-state index >= 15 is 0 Å². The molecule has 0 aromatic heterocycles. The summed E-state index contributed by atoms with van der Waals surface area (Å²) in [5, 5.41) is 4.88. The van der Waals surface area contributed by atoms with Gasteiger partial charge in [-0.05, 0) is 25.7 Å². The van der Waals surface area contributed by atoms with Crippen molar-refractivity contribution in [3.05, 3.63) is 0 Å². The first kappa shape index (κ1) is 6.64. The van der Waals surface area contributed by atoms with Gasteiger partial charge in [0.2, 0.25) is 0 Å². The van der Waals surface area contributed by atoms with Crippen LogP contribution in [0.25, 0.3) is 0 Å². The molecule has 0 aromatic rings. The molecule has 2 rings (SSSR count). The van der Waals surface area contributed by atoms with Gasteiger partial charge in [0.05, 0.1) is 0 Å². The molecule has 1 saturated carbocycles. The second kappa shape index (κ2) is 1.75. The minimum atomic E-state index is -0.614. The molecule has 2 fully saturated rings. The van der Waals surface area contributed by atoms with Gasteiger partial charge < -0.3 is 5.32 Å². The number of amides is 3. The van der Waals surface area contributed by atoms with Gasteiger partial charge in [-0.2, -0.15) is 0 Å². The Hall–Kier alpha value is -1.06. The Labute approximate surface area is 64.3 Å². The molecule has 4 heteroatoms. The lowest BCUT2D eigenvalue weighted by Crippen LogP contribution is -2.45. The summed E-state index contributed by atoms with van der Waals surface area (Å²) in [5.41, 5.74) is -0.614. The molecule has 1 aliphatic heterocycles. The van der Waals surface area contributed by atoms with Crippen molar-refractivity contribution in [3.8, 4) is 0 Å². The molecule has 3 amide bonds. The van der Waals surface area contributed by atoms with Crippen molar-refractivity contribution in [3.63, 3.8) is 0 Å². The molecule has 1 heterocycles. The number of nitrogens with one attached hydrogen (secondary N) is 2. The Bertz CT molecular complexity index is 235. The Balaban J connectivity index is 2.23. The lowest BCUT2D eigenvalue weighted by atomic mass is 9.97. The summed E-state index contributed by atoms with van der Waals surface area (Å²) < 4.78 is 0. The third kappa shape index (κ3) is 0.818. The van der Waals surface area contributed by atoms with Crippen molar-refractivity contribution in [2.24, 2.45) is 5.92 Å². The van der Waals surface area contributed by atoms with Gasteiger partial charge in [-0.3, -0.25) is 10.1 Å². The molecule has 2 aliphatic rings. The van der Waals surface area contributed by atoms with E-state index < -0.39 is 5.54 Å². The number of carbonyl (C=O) groups is 2. The van der Waals surface area contributed by atoms with E-state index in [1.807, 2.05) is 0 Å². The van der Waals surface area contributed by atoms with Crippen LogP contribution in [0.2, 0.25) is 0 Å². The largest absolute Gasteiger partial charge is 0.323 e. The lowest BCUT2D eigenvalue weighted by Gasteiger charge is -2.18. The van der Waals surface area contributed by atoms with Crippen LogP contribution >= 0.6 is 0 Å². The maximum Gasteiger partial charge on any atom is 0.322 e. The Morgan fingerprint density at radius 1 is 1.45 bits per heavy atom. The van der Waals surface area contributed by atoms with E-state index in [9.17, 15) is 9.59 Å². The second-order valence-electron chi connectivity index (χ2n) is 3.38. The van der Waals surface area contributed by atoms with Gasteiger partial charge in [0.1, 0.15) is 5.54 Å². The molecule has 1 aliphatic carbocycles. The quantitative estimate of drug-likeness (QED) is 0.522. The number of rotatable bonds is 1. The minimum Gasteiger partial charge on any atom is -0.323 e. The fraction of sp³-hybridized carbons (Fsp3) is 0.714. The van der Waals surface area contributed by atoms with Crippen LogP contribution in [0, 0.1) is 5.92 Å².